The Kier molecular flexibility index (Phi) is 6.42. The Morgan fingerprint density at radius 1 is 0.875 bits per heavy atom. The van der Waals surface area contributed by atoms with Crippen LogP contribution in [-0.4, -0.2) is 23.5 Å². The van der Waals surface area contributed by atoms with Gasteiger partial charge in [-0.3, -0.25) is 10.1 Å². The maximum absolute atomic E-state index is 12.2. The van der Waals surface area contributed by atoms with Crippen LogP contribution in [0.5, 0.6) is 0 Å². The Bertz CT molecular complexity index is 1230. The van der Waals surface area contributed by atoms with Crippen LogP contribution < -0.4 is 5.32 Å². The number of thiazole rings is 1. The summed E-state index contributed by atoms with van der Waals surface area (Å²) in [5.41, 5.74) is 6.39. The van der Waals surface area contributed by atoms with E-state index in [4.69, 9.17) is 4.74 Å². The maximum atomic E-state index is 12.2. The van der Waals surface area contributed by atoms with Crippen molar-refractivity contribution >= 4 is 28.3 Å². The molecule has 160 valence electrons. The summed E-state index contributed by atoms with van der Waals surface area (Å²) in [6, 6.07) is 23.7. The topological polar surface area (TPSA) is 68.3 Å². The van der Waals surface area contributed by atoms with E-state index in [9.17, 15) is 9.59 Å². The molecule has 1 aromatic heterocycles. The van der Waals surface area contributed by atoms with Crippen LogP contribution in [0.2, 0.25) is 0 Å². The number of anilines is 1. The highest BCUT2D eigenvalue weighted by Crippen LogP contribution is 2.27. The van der Waals surface area contributed by atoms with Crippen molar-refractivity contribution in [1.29, 1.82) is 0 Å². The molecule has 1 N–H and O–H groups in total. The first kappa shape index (κ1) is 21.5. The third-order valence-corrected chi connectivity index (χ3v) is 5.59. The molecule has 0 radical (unpaired) electrons. The molecule has 0 unspecified atom stereocenters. The predicted molar refractivity (Wildman–Crippen MR) is 128 cm³/mol. The number of carbonyl (C=O) groups excluding carboxylic acids is 2. The van der Waals surface area contributed by atoms with Crippen molar-refractivity contribution in [3.05, 3.63) is 94.9 Å². The van der Waals surface area contributed by atoms with Crippen molar-refractivity contribution < 1.29 is 14.3 Å². The van der Waals surface area contributed by atoms with Gasteiger partial charge in [-0.2, -0.15) is 0 Å². The van der Waals surface area contributed by atoms with Crippen molar-refractivity contribution in [2.45, 2.75) is 13.8 Å². The summed E-state index contributed by atoms with van der Waals surface area (Å²) in [6.45, 7) is 3.45. The highest BCUT2D eigenvalue weighted by atomic mass is 32.1. The Balaban J connectivity index is 1.34. The van der Waals surface area contributed by atoms with Gasteiger partial charge in [0.2, 0.25) is 0 Å². The minimum Gasteiger partial charge on any atom is -0.452 e. The molecule has 6 heteroatoms. The van der Waals surface area contributed by atoms with Gasteiger partial charge in [-0.1, -0.05) is 71.8 Å². The van der Waals surface area contributed by atoms with Gasteiger partial charge in [-0.05, 0) is 37.1 Å². The number of aryl methyl sites for hydroxylation is 2. The van der Waals surface area contributed by atoms with Crippen LogP contribution in [0.1, 0.15) is 21.5 Å². The van der Waals surface area contributed by atoms with Gasteiger partial charge in [-0.15, -0.1) is 11.3 Å². The number of aromatic nitrogens is 1. The second kappa shape index (κ2) is 9.58. The third-order valence-electron chi connectivity index (χ3n) is 4.83. The van der Waals surface area contributed by atoms with Gasteiger partial charge in [-0.25, -0.2) is 9.78 Å². The lowest BCUT2D eigenvalue weighted by Crippen LogP contribution is -2.21. The molecule has 4 rings (SSSR count). The van der Waals surface area contributed by atoms with Gasteiger partial charge in [0, 0.05) is 10.9 Å². The van der Waals surface area contributed by atoms with Gasteiger partial charge in [0.25, 0.3) is 5.91 Å². The van der Waals surface area contributed by atoms with Crippen LogP contribution >= 0.6 is 11.3 Å². The van der Waals surface area contributed by atoms with Crippen molar-refractivity contribution in [3.8, 4) is 22.4 Å². The Hall–Kier alpha value is -3.77. The molecule has 0 aliphatic heterocycles. The lowest BCUT2D eigenvalue weighted by Gasteiger charge is -2.06. The number of hydrogen-bond donors (Lipinski definition) is 1. The van der Waals surface area contributed by atoms with Crippen molar-refractivity contribution in [1.82, 2.24) is 4.98 Å². The van der Waals surface area contributed by atoms with E-state index < -0.39 is 11.9 Å². The summed E-state index contributed by atoms with van der Waals surface area (Å²) in [4.78, 5) is 28.9. The number of nitrogens with zero attached hydrogens (tertiary/aromatic N) is 1. The van der Waals surface area contributed by atoms with Gasteiger partial charge < -0.3 is 4.74 Å². The molecule has 1 amide bonds. The smallest absolute Gasteiger partial charge is 0.338 e. The average molecular weight is 443 g/mol. The quantitative estimate of drug-likeness (QED) is 0.378. The first-order chi connectivity index (χ1) is 15.5. The molecule has 0 fully saturated rings. The van der Waals surface area contributed by atoms with Gasteiger partial charge >= 0.3 is 5.97 Å². The van der Waals surface area contributed by atoms with Crippen molar-refractivity contribution in [2.75, 3.05) is 11.9 Å². The zero-order valence-corrected chi connectivity index (χ0v) is 18.6. The highest BCUT2D eigenvalue weighted by molar-refractivity contribution is 7.14. The Labute approximate surface area is 190 Å². The number of rotatable bonds is 6. The van der Waals surface area contributed by atoms with Crippen LogP contribution in [0.15, 0.2) is 78.2 Å². The van der Waals surface area contributed by atoms with Gasteiger partial charge in [0.1, 0.15) is 0 Å². The molecule has 0 saturated heterocycles. The van der Waals surface area contributed by atoms with E-state index in [-0.39, 0.29) is 6.61 Å². The minimum atomic E-state index is -0.523. The molecule has 3 aromatic carbocycles. The second-order valence-electron chi connectivity index (χ2n) is 7.48. The second-order valence-corrected chi connectivity index (χ2v) is 8.34. The monoisotopic (exact) mass is 442 g/mol. The zero-order valence-electron chi connectivity index (χ0n) is 17.8. The molecule has 0 bridgehead atoms. The minimum absolute atomic E-state index is 0.369. The number of esters is 1. The fraction of sp³-hybridized carbons (Fsp3) is 0.115. The van der Waals surface area contributed by atoms with Crippen LogP contribution in [-0.2, 0) is 9.53 Å². The molecule has 0 aliphatic carbocycles. The number of benzene rings is 3. The molecule has 32 heavy (non-hydrogen) atoms. The SMILES string of the molecule is Cc1cc(C)cc(C(=O)OCC(=O)Nc2nc(-c3ccc(-c4ccccc4)cc3)cs2)c1. The van der Waals surface area contributed by atoms with E-state index in [1.165, 1.54) is 11.3 Å². The average Bonchev–Trinajstić information content (AvgIpc) is 3.26. The van der Waals surface area contributed by atoms with Crippen LogP contribution in [0.25, 0.3) is 22.4 Å². The lowest BCUT2D eigenvalue weighted by molar-refractivity contribution is -0.119. The first-order valence-electron chi connectivity index (χ1n) is 10.1. The van der Waals surface area contributed by atoms with E-state index in [0.29, 0.717) is 10.7 Å². The van der Waals surface area contributed by atoms with E-state index in [1.807, 2.05) is 55.6 Å². The molecule has 0 saturated carbocycles. The summed E-state index contributed by atoms with van der Waals surface area (Å²) in [5.74, 6) is -0.951. The number of hydrogen-bond acceptors (Lipinski definition) is 5. The molecular weight excluding hydrogens is 420 g/mol. The number of amides is 1. The largest absolute Gasteiger partial charge is 0.452 e. The summed E-state index contributed by atoms with van der Waals surface area (Å²) >= 11 is 1.32. The fourth-order valence-corrected chi connectivity index (χ4v) is 4.13. The van der Waals surface area contributed by atoms with E-state index in [0.717, 1.165) is 33.5 Å². The third kappa shape index (κ3) is 5.28. The van der Waals surface area contributed by atoms with E-state index in [2.05, 4.69) is 34.6 Å². The van der Waals surface area contributed by atoms with Gasteiger partial charge in [0.05, 0.1) is 11.3 Å². The van der Waals surface area contributed by atoms with Crippen LogP contribution in [0.4, 0.5) is 5.13 Å². The number of nitrogens with one attached hydrogen (secondary N) is 1. The van der Waals surface area contributed by atoms with E-state index >= 15 is 0 Å². The fourth-order valence-electron chi connectivity index (χ4n) is 3.39. The number of carbonyl (C=O) groups is 2. The standard InChI is InChI=1S/C26H22N2O3S/c1-17-12-18(2)14-22(13-17)25(30)31-15-24(29)28-26-27-23(16-32-26)21-10-8-20(9-11-21)19-6-4-3-5-7-19/h3-14,16H,15H2,1-2H3,(H,27,28,29). The summed E-state index contributed by atoms with van der Waals surface area (Å²) in [7, 11) is 0. The highest BCUT2D eigenvalue weighted by Gasteiger charge is 2.13. The molecule has 5 nitrogen and oxygen atoms in total. The van der Waals surface area contributed by atoms with E-state index in [1.54, 1.807) is 12.1 Å². The van der Waals surface area contributed by atoms with Crippen LogP contribution in [0.3, 0.4) is 0 Å². The van der Waals surface area contributed by atoms with Crippen LogP contribution in [0, 0.1) is 13.8 Å². The molecule has 1 heterocycles. The normalized spacial score (nSPS) is 10.6. The molecule has 4 aromatic rings. The van der Waals surface area contributed by atoms with Crippen molar-refractivity contribution in [2.24, 2.45) is 0 Å². The van der Waals surface area contributed by atoms with Crippen molar-refractivity contribution in [3.63, 3.8) is 0 Å². The zero-order chi connectivity index (χ0) is 22.5. The molecule has 0 atom stereocenters. The first-order valence-corrected chi connectivity index (χ1v) is 11.0. The summed E-state index contributed by atoms with van der Waals surface area (Å²) in [5, 5.41) is 5.03. The molecular formula is C26H22N2O3S. The van der Waals surface area contributed by atoms with Gasteiger partial charge in [0.15, 0.2) is 11.7 Å². The predicted octanol–water partition coefficient (Wildman–Crippen LogP) is 5.89. The maximum Gasteiger partial charge on any atom is 0.338 e. The Morgan fingerprint density at radius 2 is 1.50 bits per heavy atom. The summed E-state index contributed by atoms with van der Waals surface area (Å²) in [6.07, 6.45) is 0. The summed E-state index contributed by atoms with van der Waals surface area (Å²) < 4.78 is 5.14. The molecule has 0 aliphatic rings. The number of ether oxygens (including phenoxy) is 1. The molecule has 0 spiro atoms. The Morgan fingerprint density at radius 3 is 2.19 bits per heavy atom. The lowest BCUT2D eigenvalue weighted by atomic mass is 10.0.